The lowest BCUT2D eigenvalue weighted by Crippen LogP contribution is -3.14. The monoisotopic (exact) mass is 250 g/mol. The van der Waals surface area contributed by atoms with Gasteiger partial charge in [0.2, 0.25) is 0 Å². The van der Waals surface area contributed by atoms with Gasteiger partial charge in [-0.05, 0) is 11.6 Å². The van der Waals surface area contributed by atoms with Crippen LogP contribution < -0.4 is 4.90 Å². The van der Waals surface area contributed by atoms with Crippen molar-refractivity contribution in [2.75, 3.05) is 13.1 Å². The van der Waals surface area contributed by atoms with Crippen molar-refractivity contribution in [3.63, 3.8) is 0 Å². The summed E-state index contributed by atoms with van der Waals surface area (Å²) in [6, 6.07) is 7.81. The Labute approximate surface area is 107 Å². The normalized spacial score (nSPS) is 34.2. The SMILES string of the molecule is O[C@@H]1/C(=C\c2ccccc2Cl)[NH+]2CCC1CC2. The summed E-state index contributed by atoms with van der Waals surface area (Å²) < 4.78 is 0. The van der Waals surface area contributed by atoms with Gasteiger partial charge in [0.25, 0.3) is 0 Å². The standard InChI is InChI=1S/C14H16ClNO/c15-12-4-2-1-3-11(12)9-13-14(17)10-5-7-16(13)8-6-10/h1-4,9-10,14,17H,5-8H2/p+1/b13-9+/t14-/m0/s1. The molecule has 0 aromatic heterocycles. The van der Waals surface area contributed by atoms with E-state index >= 15 is 0 Å². The molecule has 3 aliphatic heterocycles. The molecule has 0 spiro atoms. The number of halogens is 1. The summed E-state index contributed by atoms with van der Waals surface area (Å²) in [7, 11) is 0. The fraction of sp³-hybridized carbons (Fsp3) is 0.429. The zero-order valence-corrected chi connectivity index (χ0v) is 10.5. The number of piperidine rings is 3. The van der Waals surface area contributed by atoms with E-state index in [-0.39, 0.29) is 6.10 Å². The highest BCUT2D eigenvalue weighted by atomic mass is 35.5. The topological polar surface area (TPSA) is 24.7 Å². The lowest BCUT2D eigenvalue weighted by Gasteiger charge is -2.41. The molecule has 1 aromatic rings. The number of nitrogens with one attached hydrogen (secondary N) is 1. The van der Waals surface area contributed by atoms with Crippen molar-refractivity contribution in [1.29, 1.82) is 0 Å². The smallest absolute Gasteiger partial charge is 0.137 e. The van der Waals surface area contributed by atoms with Crippen LogP contribution in [0, 0.1) is 5.92 Å². The summed E-state index contributed by atoms with van der Waals surface area (Å²) in [5, 5.41) is 11.0. The molecule has 3 saturated heterocycles. The Kier molecular flexibility index (Phi) is 2.95. The number of hydrogen-bond donors (Lipinski definition) is 2. The van der Waals surface area contributed by atoms with Gasteiger partial charge in [0.05, 0.1) is 13.1 Å². The van der Waals surface area contributed by atoms with Crippen LogP contribution in [0.2, 0.25) is 5.02 Å². The molecule has 3 heteroatoms. The molecule has 2 nitrogen and oxygen atoms in total. The predicted octanol–water partition coefficient (Wildman–Crippen LogP) is 1.35. The summed E-state index contributed by atoms with van der Waals surface area (Å²) in [6.45, 7) is 2.30. The number of aliphatic hydroxyl groups excluding tert-OH is 1. The zero-order valence-electron chi connectivity index (χ0n) is 9.70. The van der Waals surface area contributed by atoms with Crippen LogP contribution in [0.5, 0.6) is 0 Å². The van der Waals surface area contributed by atoms with Crippen molar-refractivity contribution >= 4 is 17.7 Å². The Morgan fingerprint density at radius 1 is 1.24 bits per heavy atom. The fourth-order valence-corrected chi connectivity index (χ4v) is 3.19. The number of quaternary nitrogens is 1. The molecule has 0 saturated carbocycles. The third-order valence-electron chi connectivity index (χ3n) is 4.02. The third kappa shape index (κ3) is 2.01. The second-order valence-electron chi connectivity index (χ2n) is 5.01. The molecule has 2 N–H and O–H groups in total. The molecule has 3 aliphatic rings. The van der Waals surface area contributed by atoms with Crippen LogP contribution in [0.1, 0.15) is 18.4 Å². The van der Waals surface area contributed by atoms with Gasteiger partial charge in [0.1, 0.15) is 11.8 Å². The van der Waals surface area contributed by atoms with E-state index in [9.17, 15) is 5.11 Å². The van der Waals surface area contributed by atoms with E-state index in [4.69, 9.17) is 11.6 Å². The molecule has 17 heavy (non-hydrogen) atoms. The molecule has 1 atom stereocenters. The van der Waals surface area contributed by atoms with E-state index in [2.05, 4.69) is 6.08 Å². The first kappa shape index (κ1) is 11.3. The van der Waals surface area contributed by atoms with Crippen LogP contribution >= 0.6 is 11.6 Å². The molecule has 0 aliphatic carbocycles. The Bertz CT molecular complexity index is 445. The quantitative estimate of drug-likeness (QED) is 0.773. The van der Waals surface area contributed by atoms with Crippen LogP contribution in [0.15, 0.2) is 30.0 Å². The lowest BCUT2D eigenvalue weighted by molar-refractivity contribution is -0.880. The van der Waals surface area contributed by atoms with Gasteiger partial charge in [-0.25, -0.2) is 0 Å². The molecule has 4 rings (SSSR count). The largest absolute Gasteiger partial charge is 0.383 e. The van der Waals surface area contributed by atoms with Crippen molar-refractivity contribution in [2.45, 2.75) is 18.9 Å². The van der Waals surface area contributed by atoms with Gasteiger partial charge in [-0.2, -0.15) is 0 Å². The van der Waals surface area contributed by atoms with Gasteiger partial charge in [0.15, 0.2) is 0 Å². The van der Waals surface area contributed by atoms with Crippen molar-refractivity contribution in [3.8, 4) is 0 Å². The first-order chi connectivity index (χ1) is 8.25. The Balaban J connectivity index is 1.96. The fourth-order valence-electron chi connectivity index (χ4n) is 3.00. The van der Waals surface area contributed by atoms with Crippen molar-refractivity contribution in [2.24, 2.45) is 5.92 Å². The molecular formula is C14H17ClNO+. The van der Waals surface area contributed by atoms with Gasteiger partial charge in [0, 0.05) is 29.9 Å². The van der Waals surface area contributed by atoms with Crippen molar-refractivity contribution in [1.82, 2.24) is 0 Å². The van der Waals surface area contributed by atoms with E-state index in [1.807, 2.05) is 24.3 Å². The molecule has 3 fully saturated rings. The van der Waals surface area contributed by atoms with Gasteiger partial charge in [-0.1, -0.05) is 29.8 Å². The molecular weight excluding hydrogens is 234 g/mol. The van der Waals surface area contributed by atoms with Crippen molar-refractivity contribution < 1.29 is 10.0 Å². The molecule has 2 bridgehead atoms. The molecule has 90 valence electrons. The number of rotatable bonds is 1. The Hall–Kier alpha value is -0.830. The van der Waals surface area contributed by atoms with Gasteiger partial charge < -0.3 is 10.0 Å². The minimum Gasteiger partial charge on any atom is -0.383 e. The van der Waals surface area contributed by atoms with Crippen LogP contribution in [-0.2, 0) is 0 Å². The van der Waals surface area contributed by atoms with E-state index in [0.717, 1.165) is 42.2 Å². The number of fused-ring (bicyclic) bond motifs is 3. The predicted molar refractivity (Wildman–Crippen MR) is 68.9 cm³/mol. The molecule has 0 unspecified atom stereocenters. The maximum absolute atomic E-state index is 10.3. The molecule has 1 aromatic carbocycles. The van der Waals surface area contributed by atoms with Crippen LogP contribution in [0.3, 0.4) is 0 Å². The first-order valence-corrected chi connectivity index (χ1v) is 6.63. The molecule has 0 amide bonds. The summed E-state index contributed by atoms with van der Waals surface area (Å²) in [6.07, 6.45) is 4.10. The second-order valence-corrected chi connectivity index (χ2v) is 5.41. The highest BCUT2D eigenvalue weighted by molar-refractivity contribution is 6.32. The highest BCUT2D eigenvalue weighted by Gasteiger charge is 2.41. The highest BCUT2D eigenvalue weighted by Crippen LogP contribution is 2.26. The maximum Gasteiger partial charge on any atom is 0.137 e. The van der Waals surface area contributed by atoms with E-state index in [0.29, 0.717) is 5.92 Å². The van der Waals surface area contributed by atoms with E-state index in [1.54, 1.807) is 0 Å². The van der Waals surface area contributed by atoms with Crippen molar-refractivity contribution in [3.05, 3.63) is 40.5 Å². The van der Waals surface area contributed by atoms with E-state index < -0.39 is 0 Å². The zero-order chi connectivity index (χ0) is 11.8. The van der Waals surface area contributed by atoms with E-state index in [1.165, 1.54) is 4.90 Å². The summed E-state index contributed by atoms with van der Waals surface area (Å²) in [4.78, 5) is 1.43. The van der Waals surface area contributed by atoms with Crippen LogP contribution in [0.25, 0.3) is 6.08 Å². The van der Waals surface area contributed by atoms with Gasteiger partial charge >= 0.3 is 0 Å². The lowest BCUT2D eigenvalue weighted by atomic mass is 9.83. The number of aliphatic hydroxyl groups is 1. The Morgan fingerprint density at radius 3 is 2.59 bits per heavy atom. The molecule has 3 heterocycles. The third-order valence-corrected chi connectivity index (χ3v) is 4.37. The van der Waals surface area contributed by atoms with Gasteiger partial charge in [-0.3, -0.25) is 0 Å². The molecule has 0 radical (unpaired) electrons. The van der Waals surface area contributed by atoms with Crippen LogP contribution in [-0.4, -0.2) is 24.3 Å². The van der Waals surface area contributed by atoms with Gasteiger partial charge in [-0.15, -0.1) is 0 Å². The average Bonchev–Trinajstić information content (AvgIpc) is 2.36. The second kappa shape index (κ2) is 4.45. The number of hydrogen-bond acceptors (Lipinski definition) is 1. The Morgan fingerprint density at radius 2 is 1.94 bits per heavy atom. The summed E-state index contributed by atoms with van der Waals surface area (Å²) in [5.74, 6) is 0.459. The minimum absolute atomic E-state index is 0.274. The first-order valence-electron chi connectivity index (χ1n) is 6.25. The minimum atomic E-state index is -0.274. The average molecular weight is 251 g/mol. The number of benzene rings is 1. The summed E-state index contributed by atoms with van der Waals surface area (Å²) in [5.41, 5.74) is 2.14. The summed E-state index contributed by atoms with van der Waals surface area (Å²) >= 11 is 6.16. The maximum atomic E-state index is 10.3. The van der Waals surface area contributed by atoms with Crippen LogP contribution in [0.4, 0.5) is 0 Å².